The van der Waals surface area contributed by atoms with Crippen LogP contribution in [0.5, 0.6) is 5.75 Å². The molecule has 0 radical (unpaired) electrons. The van der Waals surface area contributed by atoms with Crippen LogP contribution in [0.15, 0.2) is 29.2 Å². The van der Waals surface area contributed by atoms with Crippen molar-refractivity contribution >= 4 is 16.5 Å². The first kappa shape index (κ1) is 15.1. The van der Waals surface area contributed by atoms with Gasteiger partial charge < -0.3 is 9.30 Å². The Morgan fingerprint density at radius 3 is 2.88 bits per heavy atom. The normalized spacial score (nSPS) is 23.4. The maximum Gasteiger partial charge on any atom is 0.189 e. The molecule has 3 aliphatic rings. The second-order valence-electron chi connectivity index (χ2n) is 7.41. The number of nitrogens with zero attached hydrogens (tertiary/aromatic N) is 2. The van der Waals surface area contributed by atoms with E-state index in [1.807, 2.05) is 11.5 Å². The number of pyridine rings is 1. The van der Waals surface area contributed by atoms with Gasteiger partial charge in [0.25, 0.3) is 0 Å². The molecule has 2 aliphatic heterocycles. The predicted octanol–water partition coefficient (Wildman–Crippen LogP) is 3.35. The van der Waals surface area contributed by atoms with Crippen LogP contribution in [-0.4, -0.2) is 35.2 Å². The number of rotatable bonds is 2. The summed E-state index contributed by atoms with van der Waals surface area (Å²) >= 11 is 0. The monoisotopic (exact) mass is 340 g/mol. The van der Waals surface area contributed by atoms with Gasteiger partial charge in [0, 0.05) is 31.4 Å². The van der Waals surface area contributed by atoms with Crippen molar-refractivity contribution in [3.63, 3.8) is 0 Å². The smallest absolute Gasteiger partial charge is 0.189 e. The van der Waals surface area contributed by atoms with E-state index in [4.69, 9.17) is 4.74 Å². The van der Waals surface area contributed by atoms with Crippen molar-refractivity contribution in [1.29, 1.82) is 0 Å². The van der Waals surface area contributed by atoms with Crippen molar-refractivity contribution in [3.05, 3.63) is 46.0 Å². The highest BCUT2D eigenvalue weighted by Gasteiger charge is 2.32. The van der Waals surface area contributed by atoms with Crippen molar-refractivity contribution in [2.75, 3.05) is 19.7 Å². The fourth-order valence-electron chi connectivity index (χ4n) is 4.15. The molecule has 1 saturated carbocycles. The molecule has 130 valence electrons. The van der Waals surface area contributed by atoms with Crippen molar-refractivity contribution in [3.8, 4) is 5.75 Å². The molecule has 2 aromatic rings. The van der Waals surface area contributed by atoms with Crippen LogP contribution in [0.1, 0.15) is 37.8 Å². The summed E-state index contributed by atoms with van der Waals surface area (Å²) < 4.78 is 23.0. The maximum absolute atomic E-state index is 15.0. The van der Waals surface area contributed by atoms with Crippen LogP contribution in [0.25, 0.3) is 16.5 Å². The number of aromatic nitrogens is 1. The second-order valence-corrected chi connectivity index (χ2v) is 7.41. The molecule has 0 spiro atoms. The molecule has 1 fully saturated rings. The highest BCUT2D eigenvalue weighted by atomic mass is 19.1. The zero-order chi connectivity index (χ0) is 17.1. The Morgan fingerprint density at radius 1 is 1.32 bits per heavy atom. The van der Waals surface area contributed by atoms with E-state index in [0.717, 1.165) is 36.6 Å². The summed E-state index contributed by atoms with van der Waals surface area (Å²) in [6.45, 7) is 4.37. The van der Waals surface area contributed by atoms with Crippen LogP contribution >= 0.6 is 0 Å². The van der Waals surface area contributed by atoms with Crippen molar-refractivity contribution < 1.29 is 9.13 Å². The first-order valence-corrected chi connectivity index (χ1v) is 9.07. The molecular formula is C20H21FN2O2. The molecule has 25 heavy (non-hydrogen) atoms. The Kier molecular flexibility index (Phi) is 3.29. The Hall–Kier alpha value is -2.14. The molecular weight excluding hydrogens is 319 g/mol. The van der Waals surface area contributed by atoms with Crippen LogP contribution in [0.3, 0.4) is 0 Å². The fraction of sp³-hybridized carbons (Fsp3) is 0.450. The molecule has 4 nitrogen and oxygen atoms in total. The first-order chi connectivity index (χ1) is 12.1. The van der Waals surface area contributed by atoms with Gasteiger partial charge in [-0.3, -0.25) is 9.69 Å². The van der Waals surface area contributed by atoms with Gasteiger partial charge in [0.15, 0.2) is 11.2 Å². The summed E-state index contributed by atoms with van der Waals surface area (Å²) in [5, 5.41) is 0.404. The molecule has 0 saturated heterocycles. The predicted molar refractivity (Wildman–Crippen MR) is 95.6 cm³/mol. The number of ether oxygens (including phenoxy) is 1. The molecule has 1 aliphatic carbocycles. The van der Waals surface area contributed by atoms with E-state index in [1.165, 1.54) is 25.0 Å². The highest BCUT2D eigenvalue weighted by molar-refractivity contribution is 5.92. The van der Waals surface area contributed by atoms with Crippen LogP contribution in [0, 0.1) is 5.82 Å². The summed E-state index contributed by atoms with van der Waals surface area (Å²) in [5.74, 6) is 0.190. The molecule has 1 unspecified atom stereocenters. The maximum atomic E-state index is 15.0. The lowest BCUT2D eigenvalue weighted by atomic mass is 9.95. The van der Waals surface area contributed by atoms with Gasteiger partial charge in [-0.2, -0.15) is 0 Å². The van der Waals surface area contributed by atoms with Gasteiger partial charge in [0.1, 0.15) is 12.4 Å². The molecule has 1 atom stereocenters. The number of hydrogen-bond donors (Lipinski definition) is 0. The Bertz CT molecular complexity index is 958. The van der Waals surface area contributed by atoms with E-state index >= 15 is 0 Å². The molecule has 5 heteroatoms. The summed E-state index contributed by atoms with van der Waals surface area (Å²) in [5.41, 5.74) is 2.12. The quantitative estimate of drug-likeness (QED) is 0.841. The Morgan fingerprint density at radius 2 is 2.16 bits per heavy atom. The minimum Gasteiger partial charge on any atom is -0.488 e. The topological polar surface area (TPSA) is 34.5 Å². The van der Waals surface area contributed by atoms with Gasteiger partial charge >= 0.3 is 0 Å². The third-order valence-electron chi connectivity index (χ3n) is 5.69. The summed E-state index contributed by atoms with van der Waals surface area (Å²) in [4.78, 5) is 14.7. The van der Waals surface area contributed by atoms with Gasteiger partial charge in [0.05, 0.1) is 22.5 Å². The third kappa shape index (κ3) is 2.33. The van der Waals surface area contributed by atoms with Crippen LogP contribution in [-0.2, 0) is 0 Å². The zero-order valence-electron chi connectivity index (χ0n) is 14.3. The van der Waals surface area contributed by atoms with Crippen LogP contribution in [0.4, 0.5) is 4.39 Å². The van der Waals surface area contributed by atoms with E-state index < -0.39 is 0 Å². The molecule has 5 rings (SSSR count). The van der Waals surface area contributed by atoms with E-state index in [-0.39, 0.29) is 17.3 Å². The molecule has 0 N–H and O–H groups in total. The summed E-state index contributed by atoms with van der Waals surface area (Å²) in [6.07, 6.45) is 7.32. The van der Waals surface area contributed by atoms with Gasteiger partial charge in [0.2, 0.25) is 0 Å². The van der Waals surface area contributed by atoms with Gasteiger partial charge in [-0.05, 0) is 37.8 Å². The average Bonchev–Trinajstić information content (AvgIpc) is 3.45. The highest BCUT2D eigenvalue weighted by Crippen LogP contribution is 2.41. The van der Waals surface area contributed by atoms with E-state index in [0.29, 0.717) is 23.3 Å². The lowest BCUT2D eigenvalue weighted by Crippen LogP contribution is -2.31. The lowest BCUT2D eigenvalue weighted by molar-refractivity contribution is 0.245. The fourth-order valence-corrected chi connectivity index (χ4v) is 4.15. The van der Waals surface area contributed by atoms with Gasteiger partial charge in [-0.25, -0.2) is 4.39 Å². The SMILES string of the molecule is CC1COc2c(C3=CCN(C4CC4)CC3)c(F)cc3c(=O)ccn1c23. The van der Waals surface area contributed by atoms with E-state index in [9.17, 15) is 9.18 Å². The number of halogens is 1. The molecule has 3 heterocycles. The number of hydrogen-bond acceptors (Lipinski definition) is 3. The largest absolute Gasteiger partial charge is 0.488 e. The molecule has 1 aromatic heterocycles. The van der Waals surface area contributed by atoms with Gasteiger partial charge in [-0.1, -0.05) is 6.08 Å². The number of benzene rings is 1. The third-order valence-corrected chi connectivity index (χ3v) is 5.69. The van der Waals surface area contributed by atoms with Crippen molar-refractivity contribution in [2.24, 2.45) is 0 Å². The first-order valence-electron chi connectivity index (χ1n) is 9.07. The minimum absolute atomic E-state index is 0.125. The molecule has 1 aromatic carbocycles. The molecule has 0 amide bonds. The van der Waals surface area contributed by atoms with Crippen molar-refractivity contribution in [2.45, 2.75) is 38.3 Å². The Labute approximate surface area is 145 Å². The van der Waals surface area contributed by atoms with Crippen molar-refractivity contribution in [1.82, 2.24) is 9.47 Å². The van der Waals surface area contributed by atoms with E-state index in [1.54, 1.807) is 6.20 Å². The molecule has 0 bridgehead atoms. The van der Waals surface area contributed by atoms with E-state index in [2.05, 4.69) is 11.0 Å². The summed E-state index contributed by atoms with van der Waals surface area (Å²) in [7, 11) is 0. The Balaban J connectivity index is 1.69. The van der Waals surface area contributed by atoms with Crippen LogP contribution < -0.4 is 10.2 Å². The zero-order valence-corrected chi connectivity index (χ0v) is 14.3. The summed E-state index contributed by atoms with van der Waals surface area (Å²) in [6, 6.07) is 3.75. The standard InChI is InChI=1S/C20H21FN2O2/c1-12-11-25-20-18(13-4-7-22(8-5-13)14-2-3-14)16(21)10-15-17(24)6-9-23(12)19(15)20/h4,6,9-10,12,14H,2-3,5,7-8,11H2,1H3. The van der Waals surface area contributed by atoms with Crippen LogP contribution in [0.2, 0.25) is 0 Å². The second kappa shape index (κ2) is 5.43. The van der Waals surface area contributed by atoms with Gasteiger partial charge in [-0.15, -0.1) is 0 Å². The minimum atomic E-state index is -0.349. The average molecular weight is 340 g/mol. The lowest BCUT2D eigenvalue weighted by Gasteiger charge is -2.31.